The van der Waals surface area contributed by atoms with Crippen LogP contribution in [-0.2, 0) is 16.8 Å². The van der Waals surface area contributed by atoms with Crippen LogP contribution in [0.3, 0.4) is 0 Å². The van der Waals surface area contributed by atoms with Gasteiger partial charge >= 0.3 is 0 Å². The van der Waals surface area contributed by atoms with E-state index >= 15 is 0 Å². The molecular weight excluding hydrogens is 300 g/mol. The third kappa shape index (κ3) is 3.29. The Hall–Kier alpha value is -2.33. The molecule has 1 amide bonds. The zero-order valence-corrected chi connectivity index (χ0v) is 13.9. The maximum Gasteiger partial charge on any atom is 0.296 e. The zero-order valence-electron chi connectivity index (χ0n) is 13.9. The molecule has 0 atom stereocenters. The van der Waals surface area contributed by atoms with Crippen molar-refractivity contribution in [3.63, 3.8) is 0 Å². The second-order valence-electron chi connectivity index (χ2n) is 6.61. The number of rotatable bonds is 4. The number of nitroso groups, excluding NO2 is 1. The van der Waals surface area contributed by atoms with Crippen molar-refractivity contribution in [3.05, 3.63) is 76.2 Å². The van der Waals surface area contributed by atoms with Gasteiger partial charge in [-0.3, -0.25) is 9.69 Å². The van der Waals surface area contributed by atoms with E-state index in [1.165, 1.54) is 5.56 Å². The van der Waals surface area contributed by atoms with Crippen LogP contribution < -0.4 is 0 Å². The summed E-state index contributed by atoms with van der Waals surface area (Å²) in [5, 5.41) is 2.78. The van der Waals surface area contributed by atoms with Gasteiger partial charge in [-0.05, 0) is 44.0 Å². The van der Waals surface area contributed by atoms with Crippen molar-refractivity contribution in [2.24, 2.45) is 5.18 Å². The monoisotopic (exact) mass is 322 g/mol. The fraction of sp³-hybridized carbons (Fsp3) is 0.350. The predicted octanol–water partition coefficient (Wildman–Crippen LogP) is 3.82. The Labute approximate surface area is 142 Å². The van der Waals surface area contributed by atoms with Crippen LogP contribution in [0.4, 0.5) is 0 Å². The van der Waals surface area contributed by atoms with Crippen molar-refractivity contribution in [1.82, 2.24) is 4.90 Å². The van der Waals surface area contributed by atoms with Gasteiger partial charge in [0.2, 0.25) is 0 Å². The molecule has 0 unspecified atom stereocenters. The number of hydrogen-bond acceptors (Lipinski definition) is 3. The first kappa shape index (κ1) is 16.5. The van der Waals surface area contributed by atoms with E-state index in [0.29, 0.717) is 12.8 Å². The molecular formula is C20H22N2O2. The third-order valence-corrected chi connectivity index (χ3v) is 5.06. The van der Waals surface area contributed by atoms with E-state index in [4.69, 9.17) is 0 Å². The Kier molecular flexibility index (Phi) is 4.86. The van der Waals surface area contributed by atoms with Crippen LogP contribution in [0.25, 0.3) is 0 Å². The highest BCUT2D eigenvalue weighted by Gasteiger charge is 2.43. The lowest BCUT2D eigenvalue weighted by Gasteiger charge is -2.39. The molecule has 1 aliphatic heterocycles. The lowest BCUT2D eigenvalue weighted by molar-refractivity contribution is -0.125. The molecule has 1 fully saturated rings. The fourth-order valence-electron chi connectivity index (χ4n) is 3.52. The first-order valence-corrected chi connectivity index (χ1v) is 8.35. The van der Waals surface area contributed by atoms with Gasteiger partial charge in [-0.2, -0.15) is 0 Å². The highest BCUT2D eigenvalue weighted by atomic mass is 16.3. The van der Waals surface area contributed by atoms with E-state index < -0.39 is 11.3 Å². The van der Waals surface area contributed by atoms with Gasteiger partial charge in [0, 0.05) is 11.7 Å². The molecule has 4 heteroatoms. The highest BCUT2D eigenvalue weighted by molar-refractivity contribution is 5.89. The third-order valence-electron chi connectivity index (χ3n) is 5.06. The number of benzene rings is 2. The molecule has 24 heavy (non-hydrogen) atoms. The van der Waals surface area contributed by atoms with Crippen molar-refractivity contribution >= 4 is 5.91 Å². The van der Waals surface area contributed by atoms with Gasteiger partial charge in [0.25, 0.3) is 5.91 Å². The van der Waals surface area contributed by atoms with Crippen LogP contribution in [0.2, 0.25) is 0 Å². The number of likely N-dealkylation sites (tertiary alicyclic amines) is 1. The molecule has 0 radical (unpaired) electrons. The van der Waals surface area contributed by atoms with Crippen LogP contribution in [0.1, 0.15) is 29.5 Å². The number of hydrogen-bond donors (Lipinski definition) is 0. The van der Waals surface area contributed by atoms with E-state index in [2.05, 4.69) is 22.2 Å². The number of carbonyl (C=O) groups is 1. The summed E-state index contributed by atoms with van der Waals surface area (Å²) < 4.78 is 0. The van der Waals surface area contributed by atoms with Gasteiger partial charge in [-0.15, -0.1) is 4.91 Å². The smallest absolute Gasteiger partial charge is 0.296 e. The molecule has 2 aromatic carbocycles. The molecule has 1 heterocycles. The van der Waals surface area contributed by atoms with Crippen molar-refractivity contribution in [3.8, 4) is 0 Å². The van der Waals surface area contributed by atoms with Crippen LogP contribution in [0.15, 0.2) is 59.8 Å². The molecule has 0 aromatic heterocycles. The molecule has 1 aliphatic rings. The lowest BCUT2D eigenvalue weighted by atomic mass is 9.72. The maximum absolute atomic E-state index is 12.3. The van der Waals surface area contributed by atoms with E-state index in [0.717, 1.165) is 30.8 Å². The summed E-state index contributed by atoms with van der Waals surface area (Å²) in [6, 6.07) is 18.2. The fourth-order valence-corrected chi connectivity index (χ4v) is 3.52. The second-order valence-corrected chi connectivity index (χ2v) is 6.61. The molecule has 0 N–H and O–H groups in total. The minimum absolute atomic E-state index is 0.536. The number of carbonyl (C=O) groups excluding carboxylic acids is 1. The summed E-state index contributed by atoms with van der Waals surface area (Å²) >= 11 is 0. The maximum atomic E-state index is 12.3. The minimum Gasteiger partial charge on any atom is -0.299 e. The SMILES string of the molecule is Cc1ccc(C2(C(=O)N=O)CCN(Cc3ccccc3)CC2)cc1. The average molecular weight is 322 g/mol. The molecule has 3 rings (SSSR count). The van der Waals surface area contributed by atoms with E-state index in [-0.39, 0.29) is 0 Å². The molecule has 0 aliphatic carbocycles. The van der Waals surface area contributed by atoms with Gasteiger partial charge < -0.3 is 0 Å². The van der Waals surface area contributed by atoms with Gasteiger partial charge in [0.05, 0.1) is 5.41 Å². The predicted molar refractivity (Wildman–Crippen MR) is 94.6 cm³/mol. The number of aryl methyl sites for hydroxylation is 1. The van der Waals surface area contributed by atoms with Crippen molar-refractivity contribution in [2.45, 2.75) is 31.7 Å². The molecule has 0 spiro atoms. The van der Waals surface area contributed by atoms with Crippen molar-refractivity contribution < 1.29 is 4.79 Å². The summed E-state index contributed by atoms with van der Waals surface area (Å²) in [5.41, 5.74) is 2.56. The molecule has 1 saturated heterocycles. The van der Waals surface area contributed by atoms with Crippen LogP contribution in [0, 0.1) is 11.8 Å². The minimum atomic E-state index is -0.761. The molecule has 0 saturated carbocycles. The number of nitrogens with zero attached hydrogens (tertiary/aromatic N) is 2. The van der Waals surface area contributed by atoms with Crippen LogP contribution in [-0.4, -0.2) is 23.9 Å². The van der Waals surface area contributed by atoms with Gasteiger partial charge in [-0.25, -0.2) is 0 Å². The second kappa shape index (κ2) is 7.05. The first-order valence-electron chi connectivity index (χ1n) is 8.35. The van der Waals surface area contributed by atoms with E-state index in [9.17, 15) is 9.70 Å². The summed E-state index contributed by atoms with van der Waals surface area (Å²) in [5.74, 6) is -0.536. The Morgan fingerprint density at radius 2 is 1.67 bits per heavy atom. The molecule has 4 nitrogen and oxygen atoms in total. The average Bonchev–Trinajstić information content (AvgIpc) is 2.63. The molecule has 124 valence electrons. The van der Waals surface area contributed by atoms with Crippen molar-refractivity contribution in [2.75, 3.05) is 13.1 Å². The quantitative estimate of drug-likeness (QED) is 0.804. The first-order chi connectivity index (χ1) is 11.6. The summed E-state index contributed by atoms with van der Waals surface area (Å²) in [4.78, 5) is 25.7. The Balaban J connectivity index is 1.77. The van der Waals surface area contributed by atoms with Gasteiger partial charge in [0.1, 0.15) is 0 Å². The Bertz CT molecular complexity index is 702. The summed E-state index contributed by atoms with van der Waals surface area (Å²) in [7, 11) is 0. The largest absolute Gasteiger partial charge is 0.299 e. The van der Waals surface area contributed by atoms with Crippen molar-refractivity contribution in [1.29, 1.82) is 0 Å². The zero-order chi connectivity index (χ0) is 17.0. The normalized spacial score (nSPS) is 17.4. The summed E-state index contributed by atoms with van der Waals surface area (Å²) in [6.45, 7) is 4.44. The van der Waals surface area contributed by atoms with E-state index in [1.54, 1.807) is 0 Å². The van der Waals surface area contributed by atoms with Gasteiger partial charge in [0.15, 0.2) is 0 Å². The van der Waals surface area contributed by atoms with Crippen LogP contribution in [0.5, 0.6) is 0 Å². The van der Waals surface area contributed by atoms with E-state index in [1.807, 2.05) is 49.4 Å². The highest BCUT2D eigenvalue weighted by Crippen LogP contribution is 2.37. The molecule has 2 aromatic rings. The number of piperidine rings is 1. The Morgan fingerprint density at radius 3 is 2.25 bits per heavy atom. The Morgan fingerprint density at radius 1 is 1.04 bits per heavy atom. The lowest BCUT2D eigenvalue weighted by Crippen LogP contribution is -2.46. The molecule has 0 bridgehead atoms. The number of amides is 1. The standard InChI is InChI=1S/C20H22N2O2/c1-16-7-9-18(10-8-16)20(19(23)21-24)11-13-22(14-12-20)15-17-5-3-2-4-6-17/h2-10H,11-15H2,1H3. The summed E-state index contributed by atoms with van der Waals surface area (Å²) in [6.07, 6.45) is 1.26. The van der Waals surface area contributed by atoms with Gasteiger partial charge in [-0.1, -0.05) is 60.2 Å². The van der Waals surface area contributed by atoms with Crippen LogP contribution >= 0.6 is 0 Å². The topological polar surface area (TPSA) is 49.7 Å².